The molecular formula is C17H12ClF2N7O2S. The van der Waals surface area contributed by atoms with E-state index in [1.807, 2.05) is 4.72 Å². The van der Waals surface area contributed by atoms with Gasteiger partial charge in [0.05, 0.1) is 12.0 Å². The number of nitrogens with zero attached hydrogens (tertiary/aromatic N) is 4. The Hall–Kier alpha value is -3.38. The minimum Gasteiger partial charge on any atom is -0.335 e. The van der Waals surface area contributed by atoms with E-state index in [4.69, 9.17) is 11.6 Å². The molecule has 0 unspecified atom stereocenters. The highest BCUT2D eigenvalue weighted by Gasteiger charge is 2.20. The summed E-state index contributed by atoms with van der Waals surface area (Å²) in [6.45, 7) is 0. The van der Waals surface area contributed by atoms with Crippen molar-refractivity contribution in [1.29, 1.82) is 0 Å². The summed E-state index contributed by atoms with van der Waals surface area (Å²) in [5.41, 5.74) is 0.646. The minimum absolute atomic E-state index is 0.0793. The summed E-state index contributed by atoms with van der Waals surface area (Å²) in [4.78, 5) is 19.4. The fourth-order valence-corrected chi connectivity index (χ4v) is 3.43. The van der Waals surface area contributed by atoms with E-state index in [0.717, 1.165) is 12.1 Å². The zero-order valence-corrected chi connectivity index (χ0v) is 16.5. The van der Waals surface area contributed by atoms with Gasteiger partial charge in [0.1, 0.15) is 40.1 Å². The maximum absolute atomic E-state index is 14.9. The predicted octanol–water partition coefficient (Wildman–Crippen LogP) is 3.37. The number of alkyl halides is 1. The summed E-state index contributed by atoms with van der Waals surface area (Å²) in [5, 5.41) is 1.79. The molecule has 0 atom stereocenters. The molecule has 9 nitrogen and oxygen atoms in total. The zero-order chi connectivity index (χ0) is 21.3. The number of hydrogen-bond donors (Lipinski definition) is 3. The number of sulfonamides is 1. The quantitative estimate of drug-likeness (QED) is 0.384. The normalized spacial score (nSPS) is 11.6. The van der Waals surface area contributed by atoms with Gasteiger partial charge in [-0.25, -0.2) is 37.1 Å². The molecule has 0 bridgehead atoms. The fraction of sp³-hybridized carbons (Fsp3) is 0.0588. The van der Waals surface area contributed by atoms with Crippen molar-refractivity contribution in [2.45, 2.75) is 0 Å². The van der Waals surface area contributed by atoms with Gasteiger partial charge in [0.2, 0.25) is 10.0 Å². The molecule has 0 amide bonds. The first-order valence-corrected chi connectivity index (χ1v) is 10.5. The van der Waals surface area contributed by atoms with Gasteiger partial charge in [-0.2, -0.15) is 0 Å². The number of rotatable bonds is 6. The van der Waals surface area contributed by atoms with Crippen LogP contribution in [0.1, 0.15) is 0 Å². The van der Waals surface area contributed by atoms with E-state index in [-0.39, 0.29) is 5.82 Å². The van der Waals surface area contributed by atoms with Crippen LogP contribution in [0.2, 0.25) is 0 Å². The number of H-pyrrole nitrogens is 1. The molecule has 0 aliphatic carbocycles. The van der Waals surface area contributed by atoms with E-state index < -0.39 is 38.2 Å². The Balaban J connectivity index is 1.79. The lowest BCUT2D eigenvalue weighted by atomic mass is 10.1. The second-order valence-corrected chi connectivity index (χ2v) is 8.26. The van der Waals surface area contributed by atoms with Crippen LogP contribution in [-0.2, 0) is 10.0 Å². The van der Waals surface area contributed by atoms with Crippen LogP contribution in [0.3, 0.4) is 0 Å². The molecule has 0 saturated carbocycles. The molecule has 0 aliphatic rings. The standard InChI is InChI=1S/C17H12ClF2N7O2S/c18-6-30(28,29)27-11-4-3-10(19)14(12(11)20)26-16-9(2-1-5-21-16)13-15-17(24-7-22-13)25-8-23-15/h1-5,7-8,27H,6H2,(H,21,26)(H,22,23,24,25). The first-order valence-electron chi connectivity index (χ1n) is 8.30. The van der Waals surface area contributed by atoms with Crippen molar-refractivity contribution in [3.63, 3.8) is 0 Å². The Morgan fingerprint density at radius 1 is 1.10 bits per heavy atom. The highest BCUT2D eigenvalue weighted by Crippen LogP contribution is 2.33. The molecule has 3 heterocycles. The minimum atomic E-state index is -3.99. The van der Waals surface area contributed by atoms with Gasteiger partial charge >= 0.3 is 0 Å². The lowest BCUT2D eigenvalue weighted by Crippen LogP contribution is -2.15. The fourth-order valence-electron chi connectivity index (χ4n) is 2.72. The number of pyridine rings is 1. The highest BCUT2D eigenvalue weighted by atomic mass is 35.5. The lowest BCUT2D eigenvalue weighted by molar-refractivity contribution is 0.589. The van der Waals surface area contributed by atoms with Crippen LogP contribution in [-0.4, -0.2) is 38.5 Å². The number of aromatic nitrogens is 5. The Bertz CT molecular complexity index is 1350. The molecule has 0 aliphatic heterocycles. The Labute approximate surface area is 173 Å². The summed E-state index contributed by atoms with van der Waals surface area (Å²) in [5.74, 6) is -2.03. The molecule has 3 aromatic heterocycles. The Kier molecular flexibility index (Phi) is 5.18. The average molecular weight is 452 g/mol. The van der Waals surface area contributed by atoms with Crippen LogP contribution in [0.4, 0.5) is 26.0 Å². The third-order valence-corrected chi connectivity index (χ3v) is 5.70. The Morgan fingerprint density at radius 3 is 2.73 bits per heavy atom. The van der Waals surface area contributed by atoms with Crippen LogP contribution in [0.5, 0.6) is 0 Å². The van der Waals surface area contributed by atoms with E-state index in [9.17, 15) is 17.2 Å². The van der Waals surface area contributed by atoms with Gasteiger partial charge in [0.25, 0.3) is 0 Å². The number of imidazole rings is 1. The van der Waals surface area contributed by atoms with Crippen molar-refractivity contribution in [2.75, 3.05) is 15.3 Å². The van der Waals surface area contributed by atoms with Gasteiger partial charge in [-0.3, -0.25) is 4.72 Å². The van der Waals surface area contributed by atoms with Crippen molar-refractivity contribution in [2.24, 2.45) is 0 Å². The van der Waals surface area contributed by atoms with Gasteiger partial charge in [-0.05, 0) is 24.3 Å². The number of fused-ring (bicyclic) bond motifs is 1. The third-order valence-electron chi connectivity index (χ3n) is 4.02. The third kappa shape index (κ3) is 3.74. The van der Waals surface area contributed by atoms with Crippen molar-refractivity contribution in [3.05, 3.63) is 54.8 Å². The number of benzene rings is 1. The van der Waals surface area contributed by atoms with E-state index >= 15 is 0 Å². The van der Waals surface area contributed by atoms with Crippen LogP contribution in [0.15, 0.2) is 43.1 Å². The molecule has 0 saturated heterocycles. The van der Waals surface area contributed by atoms with Crippen molar-refractivity contribution >= 4 is 50.0 Å². The number of halogens is 3. The van der Waals surface area contributed by atoms with Crippen molar-refractivity contribution in [1.82, 2.24) is 24.9 Å². The topological polar surface area (TPSA) is 126 Å². The number of nitrogens with one attached hydrogen (secondary N) is 3. The van der Waals surface area contributed by atoms with Gasteiger partial charge in [0.15, 0.2) is 11.5 Å². The summed E-state index contributed by atoms with van der Waals surface area (Å²) in [7, 11) is -3.99. The molecule has 1 aromatic carbocycles. The van der Waals surface area contributed by atoms with E-state index in [2.05, 4.69) is 30.2 Å². The SMILES string of the molecule is O=S(=O)(CCl)Nc1ccc(F)c(Nc2ncccc2-c2ncnc3[nH]cnc23)c1F. The average Bonchev–Trinajstić information content (AvgIpc) is 3.22. The summed E-state index contributed by atoms with van der Waals surface area (Å²) in [6.07, 6.45) is 4.18. The molecule has 13 heteroatoms. The van der Waals surface area contributed by atoms with Crippen LogP contribution < -0.4 is 10.0 Å². The number of aromatic amines is 1. The highest BCUT2D eigenvalue weighted by molar-refractivity contribution is 7.93. The van der Waals surface area contributed by atoms with E-state index in [1.54, 1.807) is 12.1 Å². The predicted molar refractivity (Wildman–Crippen MR) is 108 cm³/mol. The summed E-state index contributed by atoms with van der Waals surface area (Å²) in [6, 6.07) is 5.13. The van der Waals surface area contributed by atoms with Crippen LogP contribution >= 0.6 is 11.6 Å². The first-order chi connectivity index (χ1) is 14.4. The molecule has 0 fully saturated rings. The van der Waals surface area contributed by atoms with Crippen molar-refractivity contribution < 1.29 is 17.2 Å². The molecule has 0 radical (unpaired) electrons. The molecule has 30 heavy (non-hydrogen) atoms. The van der Waals surface area contributed by atoms with Gasteiger partial charge in [0, 0.05) is 11.8 Å². The molecule has 0 spiro atoms. The van der Waals surface area contributed by atoms with E-state index in [1.165, 1.54) is 18.9 Å². The largest absolute Gasteiger partial charge is 0.335 e. The van der Waals surface area contributed by atoms with Crippen LogP contribution in [0.25, 0.3) is 22.4 Å². The van der Waals surface area contributed by atoms with Crippen LogP contribution in [0, 0.1) is 11.6 Å². The summed E-state index contributed by atoms with van der Waals surface area (Å²) < 4.78 is 54.5. The van der Waals surface area contributed by atoms with Crippen molar-refractivity contribution in [3.8, 4) is 11.3 Å². The maximum Gasteiger partial charge on any atom is 0.246 e. The molecular weight excluding hydrogens is 440 g/mol. The smallest absolute Gasteiger partial charge is 0.246 e. The number of anilines is 3. The lowest BCUT2D eigenvalue weighted by Gasteiger charge is -2.14. The van der Waals surface area contributed by atoms with Gasteiger partial charge in [-0.15, -0.1) is 11.6 Å². The van der Waals surface area contributed by atoms with Gasteiger partial charge in [-0.1, -0.05) is 0 Å². The second-order valence-electron chi connectivity index (χ2n) is 5.96. The Morgan fingerprint density at radius 2 is 1.93 bits per heavy atom. The summed E-state index contributed by atoms with van der Waals surface area (Å²) >= 11 is 5.33. The molecule has 4 aromatic rings. The molecule has 4 rings (SSSR count). The first kappa shape index (κ1) is 19.9. The monoisotopic (exact) mass is 451 g/mol. The molecule has 154 valence electrons. The van der Waals surface area contributed by atoms with Gasteiger partial charge < -0.3 is 10.3 Å². The maximum atomic E-state index is 14.9. The molecule has 3 N–H and O–H groups in total. The van der Waals surface area contributed by atoms with E-state index in [0.29, 0.717) is 22.4 Å². The second kappa shape index (κ2) is 7.80. The number of hydrogen-bond acceptors (Lipinski definition) is 7. The zero-order valence-electron chi connectivity index (χ0n) is 14.9.